The molecule has 0 aromatic carbocycles. The highest BCUT2D eigenvalue weighted by molar-refractivity contribution is 5.73. The Hall–Kier alpha value is -1.65. The SMILES string of the molecule is CC(=O)N1CCc2ncc(N)nc2C1. The molecule has 2 N–H and O–H groups in total. The summed E-state index contributed by atoms with van der Waals surface area (Å²) in [4.78, 5) is 21.2. The maximum absolute atomic E-state index is 11.1. The number of anilines is 1. The lowest BCUT2D eigenvalue weighted by Gasteiger charge is -2.26. The van der Waals surface area contributed by atoms with Gasteiger partial charge in [0.15, 0.2) is 0 Å². The van der Waals surface area contributed by atoms with Crippen LogP contribution in [0, 0.1) is 0 Å². The molecule has 14 heavy (non-hydrogen) atoms. The first kappa shape index (κ1) is 8.93. The number of nitrogens with zero attached hydrogens (tertiary/aromatic N) is 3. The van der Waals surface area contributed by atoms with Crippen LogP contribution in [0.3, 0.4) is 0 Å². The van der Waals surface area contributed by atoms with E-state index in [1.165, 1.54) is 0 Å². The van der Waals surface area contributed by atoms with Crippen LogP contribution < -0.4 is 5.73 Å². The molecule has 1 aromatic rings. The molecule has 0 aliphatic carbocycles. The number of hydrogen-bond acceptors (Lipinski definition) is 4. The second kappa shape index (κ2) is 3.25. The van der Waals surface area contributed by atoms with Gasteiger partial charge in [-0.3, -0.25) is 9.78 Å². The van der Waals surface area contributed by atoms with E-state index in [0.717, 1.165) is 24.4 Å². The lowest BCUT2D eigenvalue weighted by atomic mass is 10.1. The summed E-state index contributed by atoms with van der Waals surface area (Å²) in [6, 6.07) is 0. The molecule has 2 rings (SSSR count). The average molecular weight is 192 g/mol. The van der Waals surface area contributed by atoms with Gasteiger partial charge >= 0.3 is 0 Å². The van der Waals surface area contributed by atoms with Crippen LogP contribution in [0.4, 0.5) is 5.82 Å². The molecule has 0 radical (unpaired) electrons. The number of rotatable bonds is 0. The number of hydrogen-bond donors (Lipinski definition) is 1. The monoisotopic (exact) mass is 192 g/mol. The van der Waals surface area contributed by atoms with Gasteiger partial charge in [0.25, 0.3) is 0 Å². The molecule has 0 fully saturated rings. The summed E-state index contributed by atoms with van der Waals surface area (Å²) in [6.45, 7) is 2.81. The predicted octanol–water partition coefficient (Wildman–Crippen LogP) is -0.0366. The van der Waals surface area contributed by atoms with Gasteiger partial charge in [-0.2, -0.15) is 0 Å². The first-order valence-corrected chi connectivity index (χ1v) is 4.52. The number of carbonyl (C=O) groups excluding carboxylic acids is 1. The maximum atomic E-state index is 11.1. The number of nitrogen functional groups attached to an aromatic ring is 1. The molecule has 0 saturated carbocycles. The van der Waals surface area contributed by atoms with E-state index in [4.69, 9.17) is 5.73 Å². The summed E-state index contributed by atoms with van der Waals surface area (Å²) < 4.78 is 0. The molecule has 1 aliphatic rings. The van der Waals surface area contributed by atoms with E-state index in [2.05, 4.69) is 9.97 Å². The molecule has 74 valence electrons. The minimum atomic E-state index is 0.0693. The van der Waals surface area contributed by atoms with Gasteiger partial charge in [0.1, 0.15) is 5.82 Å². The number of fused-ring (bicyclic) bond motifs is 1. The van der Waals surface area contributed by atoms with Crippen LogP contribution in [0.15, 0.2) is 6.20 Å². The van der Waals surface area contributed by atoms with Crippen molar-refractivity contribution in [3.05, 3.63) is 17.6 Å². The normalized spacial score (nSPS) is 15.1. The fourth-order valence-corrected chi connectivity index (χ4v) is 1.57. The van der Waals surface area contributed by atoms with Crippen molar-refractivity contribution in [2.45, 2.75) is 19.9 Å². The van der Waals surface area contributed by atoms with Gasteiger partial charge in [0, 0.05) is 19.9 Å². The highest BCUT2D eigenvalue weighted by Crippen LogP contribution is 2.15. The van der Waals surface area contributed by atoms with Gasteiger partial charge in [0.2, 0.25) is 5.91 Å². The summed E-state index contributed by atoms with van der Waals surface area (Å²) in [6.07, 6.45) is 2.32. The molecular formula is C9H12N4O. The highest BCUT2D eigenvalue weighted by Gasteiger charge is 2.19. The Bertz CT molecular complexity index is 377. The number of nitrogens with two attached hydrogens (primary N) is 1. The zero-order chi connectivity index (χ0) is 10.1. The average Bonchev–Trinajstić information content (AvgIpc) is 2.16. The molecule has 0 spiro atoms. The fraction of sp³-hybridized carbons (Fsp3) is 0.444. The Balaban J connectivity index is 2.29. The van der Waals surface area contributed by atoms with Crippen LogP contribution >= 0.6 is 0 Å². The lowest BCUT2D eigenvalue weighted by Crippen LogP contribution is -2.35. The van der Waals surface area contributed by atoms with Gasteiger partial charge in [0.05, 0.1) is 24.1 Å². The number of amides is 1. The Morgan fingerprint density at radius 1 is 1.57 bits per heavy atom. The van der Waals surface area contributed by atoms with E-state index in [1.807, 2.05) is 0 Å². The molecule has 5 heteroatoms. The predicted molar refractivity (Wildman–Crippen MR) is 51.2 cm³/mol. The van der Waals surface area contributed by atoms with E-state index in [0.29, 0.717) is 12.4 Å². The van der Waals surface area contributed by atoms with E-state index < -0.39 is 0 Å². The zero-order valence-corrected chi connectivity index (χ0v) is 8.03. The first-order chi connectivity index (χ1) is 6.66. The lowest BCUT2D eigenvalue weighted by molar-refractivity contribution is -0.129. The third-order valence-electron chi connectivity index (χ3n) is 2.35. The number of carbonyl (C=O) groups is 1. The second-order valence-electron chi connectivity index (χ2n) is 3.38. The number of aromatic nitrogens is 2. The minimum absolute atomic E-state index is 0.0693. The van der Waals surface area contributed by atoms with Gasteiger partial charge in [-0.15, -0.1) is 0 Å². The molecule has 0 bridgehead atoms. The molecule has 2 heterocycles. The summed E-state index contributed by atoms with van der Waals surface area (Å²) >= 11 is 0. The van der Waals surface area contributed by atoms with Crippen molar-refractivity contribution in [2.75, 3.05) is 12.3 Å². The Morgan fingerprint density at radius 2 is 2.36 bits per heavy atom. The van der Waals surface area contributed by atoms with Gasteiger partial charge in [-0.05, 0) is 0 Å². The van der Waals surface area contributed by atoms with Crippen LogP contribution in [-0.2, 0) is 17.8 Å². The topological polar surface area (TPSA) is 72.1 Å². The van der Waals surface area contributed by atoms with Crippen molar-refractivity contribution in [3.63, 3.8) is 0 Å². The van der Waals surface area contributed by atoms with Gasteiger partial charge in [-0.1, -0.05) is 0 Å². The molecular weight excluding hydrogens is 180 g/mol. The Kier molecular flexibility index (Phi) is 2.07. The van der Waals surface area contributed by atoms with Crippen LogP contribution in [0.2, 0.25) is 0 Å². The summed E-state index contributed by atoms with van der Waals surface area (Å²) in [7, 11) is 0. The summed E-state index contributed by atoms with van der Waals surface area (Å²) in [5, 5.41) is 0. The minimum Gasteiger partial charge on any atom is -0.382 e. The second-order valence-corrected chi connectivity index (χ2v) is 3.38. The van der Waals surface area contributed by atoms with Crippen molar-refractivity contribution in [2.24, 2.45) is 0 Å². The quantitative estimate of drug-likeness (QED) is 0.626. The van der Waals surface area contributed by atoms with Crippen molar-refractivity contribution >= 4 is 11.7 Å². The third-order valence-corrected chi connectivity index (χ3v) is 2.35. The Morgan fingerprint density at radius 3 is 3.07 bits per heavy atom. The summed E-state index contributed by atoms with van der Waals surface area (Å²) in [5.41, 5.74) is 7.31. The molecule has 0 atom stereocenters. The van der Waals surface area contributed by atoms with Gasteiger partial charge < -0.3 is 10.6 Å². The molecule has 1 amide bonds. The largest absolute Gasteiger partial charge is 0.382 e. The standard InChI is InChI=1S/C9H12N4O/c1-6(14)13-3-2-7-8(5-13)12-9(10)4-11-7/h4H,2-3,5H2,1H3,(H2,10,12). The van der Waals surface area contributed by atoms with E-state index in [1.54, 1.807) is 18.0 Å². The first-order valence-electron chi connectivity index (χ1n) is 4.52. The molecule has 0 saturated heterocycles. The van der Waals surface area contributed by atoms with E-state index in [-0.39, 0.29) is 5.91 Å². The van der Waals surface area contributed by atoms with Crippen molar-refractivity contribution in [1.82, 2.24) is 14.9 Å². The zero-order valence-electron chi connectivity index (χ0n) is 8.03. The van der Waals surface area contributed by atoms with E-state index >= 15 is 0 Å². The third kappa shape index (κ3) is 1.53. The van der Waals surface area contributed by atoms with Crippen molar-refractivity contribution < 1.29 is 4.79 Å². The van der Waals surface area contributed by atoms with Crippen molar-refractivity contribution in [1.29, 1.82) is 0 Å². The van der Waals surface area contributed by atoms with Crippen LogP contribution in [0.5, 0.6) is 0 Å². The van der Waals surface area contributed by atoms with Crippen molar-refractivity contribution in [3.8, 4) is 0 Å². The molecule has 0 unspecified atom stereocenters. The maximum Gasteiger partial charge on any atom is 0.219 e. The van der Waals surface area contributed by atoms with Gasteiger partial charge in [-0.25, -0.2) is 4.98 Å². The Labute approximate surface area is 82.0 Å². The molecule has 5 nitrogen and oxygen atoms in total. The van der Waals surface area contributed by atoms with Crippen LogP contribution in [-0.4, -0.2) is 27.3 Å². The smallest absolute Gasteiger partial charge is 0.219 e. The fourth-order valence-electron chi connectivity index (χ4n) is 1.57. The molecule has 1 aliphatic heterocycles. The highest BCUT2D eigenvalue weighted by atomic mass is 16.2. The summed E-state index contributed by atoms with van der Waals surface area (Å²) in [5.74, 6) is 0.481. The van der Waals surface area contributed by atoms with Crippen LogP contribution in [0.25, 0.3) is 0 Å². The molecule has 1 aromatic heterocycles. The van der Waals surface area contributed by atoms with E-state index in [9.17, 15) is 4.79 Å². The van der Waals surface area contributed by atoms with Crippen LogP contribution in [0.1, 0.15) is 18.3 Å².